The molecule has 0 amide bonds. The minimum atomic E-state index is -3.73. The van der Waals surface area contributed by atoms with Crippen molar-refractivity contribution in [3.63, 3.8) is 0 Å². The highest BCUT2D eigenvalue weighted by Gasteiger charge is 2.25. The molecule has 0 aliphatic carbocycles. The Morgan fingerprint density at radius 2 is 1.67 bits per heavy atom. The fraction of sp³-hybridized carbons (Fsp3) is 0.167. The van der Waals surface area contributed by atoms with Crippen LogP contribution >= 0.6 is 23.4 Å². The molecule has 0 aliphatic rings. The smallest absolute Gasteiger partial charge is 0.241 e. The van der Waals surface area contributed by atoms with Crippen LogP contribution in [0.4, 0.5) is 0 Å². The summed E-state index contributed by atoms with van der Waals surface area (Å²) in [5, 5.41) is 10.0. The Labute approximate surface area is 203 Å². The van der Waals surface area contributed by atoms with Crippen molar-refractivity contribution in [2.75, 3.05) is 0 Å². The van der Waals surface area contributed by atoms with Crippen LogP contribution < -0.4 is 4.72 Å². The quantitative estimate of drug-likeness (QED) is 0.322. The van der Waals surface area contributed by atoms with E-state index in [1.807, 2.05) is 47.9 Å². The summed E-state index contributed by atoms with van der Waals surface area (Å²) < 4.78 is 30.4. The van der Waals surface area contributed by atoms with E-state index in [-0.39, 0.29) is 4.90 Å². The maximum absolute atomic E-state index is 12.9. The Kier molecular flexibility index (Phi) is 7.19. The molecule has 0 saturated heterocycles. The SMILES string of the molecule is Cc1ccc(Cl)cc1-n1c(SCc2ccccc2)nnc1C(C)NS(=O)(=O)c1ccccc1. The second-order valence-electron chi connectivity index (χ2n) is 7.54. The molecular weight excluding hydrogens is 476 g/mol. The molecule has 0 fully saturated rings. The summed E-state index contributed by atoms with van der Waals surface area (Å²) in [6.07, 6.45) is 0. The summed E-state index contributed by atoms with van der Waals surface area (Å²) >= 11 is 7.84. The lowest BCUT2D eigenvalue weighted by atomic mass is 10.2. The van der Waals surface area contributed by atoms with Gasteiger partial charge in [0, 0.05) is 10.8 Å². The van der Waals surface area contributed by atoms with Crippen molar-refractivity contribution in [2.45, 2.75) is 35.7 Å². The number of hydrogen-bond donors (Lipinski definition) is 1. The van der Waals surface area contributed by atoms with Crippen molar-refractivity contribution < 1.29 is 8.42 Å². The standard InChI is InChI=1S/C24H23ClN4O2S2/c1-17-13-14-20(25)15-22(17)29-23(18(2)28-33(30,31)21-11-7-4-8-12-21)26-27-24(29)32-16-19-9-5-3-6-10-19/h3-15,18,28H,16H2,1-2H3. The number of thioether (sulfide) groups is 1. The third-order valence-electron chi connectivity index (χ3n) is 5.05. The monoisotopic (exact) mass is 498 g/mol. The van der Waals surface area contributed by atoms with Gasteiger partial charge in [-0.1, -0.05) is 78.0 Å². The van der Waals surface area contributed by atoms with Crippen LogP contribution in [0.3, 0.4) is 0 Å². The van der Waals surface area contributed by atoms with Crippen LogP contribution in [0.5, 0.6) is 0 Å². The predicted octanol–water partition coefficient (Wildman–Crippen LogP) is 5.56. The van der Waals surface area contributed by atoms with E-state index >= 15 is 0 Å². The average Bonchev–Trinajstić information content (AvgIpc) is 3.24. The average molecular weight is 499 g/mol. The normalized spacial score (nSPS) is 12.6. The van der Waals surface area contributed by atoms with E-state index in [9.17, 15) is 8.42 Å². The number of aromatic nitrogens is 3. The van der Waals surface area contributed by atoms with Crippen molar-refractivity contribution in [1.82, 2.24) is 19.5 Å². The maximum atomic E-state index is 12.9. The molecule has 170 valence electrons. The number of sulfonamides is 1. The first-order valence-corrected chi connectivity index (χ1v) is 13.2. The fourth-order valence-electron chi connectivity index (χ4n) is 3.38. The Balaban J connectivity index is 1.71. The van der Waals surface area contributed by atoms with E-state index in [0.29, 0.717) is 21.8 Å². The van der Waals surface area contributed by atoms with Gasteiger partial charge in [0.15, 0.2) is 11.0 Å². The Hall–Kier alpha value is -2.65. The number of hydrogen-bond acceptors (Lipinski definition) is 5. The van der Waals surface area contributed by atoms with Crippen molar-refractivity contribution in [3.8, 4) is 5.69 Å². The van der Waals surface area contributed by atoms with Gasteiger partial charge in [-0.25, -0.2) is 13.1 Å². The number of benzene rings is 3. The summed E-state index contributed by atoms with van der Waals surface area (Å²) in [6, 6.07) is 23.3. The summed E-state index contributed by atoms with van der Waals surface area (Å²) in [7, 11) is -3.73. The first kappa shape index (κ1) is 23.5. The van der Waals surface area contributed by atoms with Gasteiger partial charge < -0.3 is 0 Å². The second-order valence-corrected chi connectivity index (χ2v) is 10.6. The molecule has 4 aromatic rings. The van der Waals surface area contributed by atoms with Gasteiger partial charge in [-0.3, -0.25) is 4.57 Å². The molecule has 1 unspecified atom stereocenters. The van der Waals surface area contributed by atoms with Crippen LogP contribution in [0.25, 0.3) is 5.69 Å². The first-order valence-electron chi connectivity index (χ1n) is 10.3. The number of nitrogens with zero attached hydrogens (tertiary/aromatic N) is 3. The molecular formula is C24H23ClN4O2S2. The second kappa shape index (κ2) is 10.1. The molecule has 3 aromatic carbocycles. The van der Waals surface area contributed by atoms with E-state index in [4.69, 9.17) is 11.6 Å². The Morgan fingerprint density at radius 3 is 2.36 bits per heavy atom. The van der Waals surface area contributed by atoms with E-state index < -0.39 is 16.1 Å². The van der Waals surface area contributed by atoms with Crippen LogP contribution in [0.1, 0.15) is 29.9 Å². The minimum absolute atomic E-state index is 0.195. The first-order chi connectivity index (χ1) is 15.8. The van der Waals surface area contributed by atoms with Gasteiger partial charge in [0.2, 0.25) is 10.0 Å². The molecule has 0 saturated carbocycles. The summed E-state index contributed by atoms with van der Waals surface area (Å²) in [4.78, 5) is 0.195. The van der Waals surface area contributed by atoms with E-state index in [1.165, 1.54) is 11.8 Å². The summed E-state index contributed by atoms with van der Waals surface area (Å²) in [5.74, 6) is 1.18. The Morgan fingerprint density at radius 1 is 1.00 bits per heavy atom. The lowest BCUT2D eigenvalue weighted by molar-refractivity contribution is 0.556. The number of rotatable bonds is 8. The van der Waals surface area contributed by atoms with Gasteiger partial charge in [-0.2, -0.15) is 0 Å². The third-order valence-corrected chi connectivity index (χ3v) is 7.85. The van der Waals surface area contributed by atoms with E-state index in [0.717, 1.165) is 16.8 Å². The van der Waals surface area contributed by atoms with Gasteiger partial charge in [0.05, 0.1) is 16.6 Å². The number of aryl methyl sites for hydroxylation is 1. The molecule has 4 rings (SSSR count). The molecule has 9 heteroatoms. The zero-order valence-corrected chi connectivity index (χ0v) is 20.5. The molecule has 1 aromatic heterocycles. The topological polar surface area (TPSA) is 76.9 Å². The van der Waals surface area contributed by atoms with Crippen molar-refractivity contribution >= 4 is 33.4 Å². The number of halogens is 1. The highest BCUT2D eigenvalue weighted by atomic mass is 35.5. The molecule has 1 atom stereocenters. The predicted molar refractivity (Wildman–Crippen MR) is 132 cm³/mol. The molecule has 6 nitrogen and oxygen atoms in total. The lowest BCUT2D eigenvalue weighted by Gasteiger charge is -2.18. The fourth-order valence-corrected chi connectivity index (χ4v) is 5.68. The molecule has 1 N–H and O–H groups in total. The van der Waals surface area contributed by atoms with Crippen molar-refractivity contribution in [2.24, 2.45) is 0 Å². The molecule has 33 heavy (non-hydrogen) atoms. The van der Waals surface area contributed by atoms with Crippen molar-refractivity contribution in [3.05, 3.63) is 101 Å². The van der Waals surface area contributed by atoms with E-state index in [2.05, 4.69) is 27.1 Å². The molecule has 0 aliphatic heterocycles. The largest absolute Gasteiger partial charge is 0.272 e. The van der Waals surface area contributed by atoms with Crippen LogP contribution in [0.15, 0.2) is 88.9 Å². The zero-order valence-electron chi connectivity index (χ0n) is 18.1. The van der Waals surface area contributed by atoms with Gasteiger partial charge in [0.25, 0.3) is 0 Å². The van der Waals surface area contributed by atoms with Gasteiger partial charge in [-0.15, -0.1) is 10.2 Å². The zero-order chi connectivity index (χ0) is 23.4. The summed E-state index contributed by atoms with van der Waals surface area (Å²) in [6.45, 7) is 3.73. The van der Waals surface area contributed by atoms with Crippen LogP contribution in [-0.2, 0) is 15.8 Å². The van der Waals surface area contributed by atoms with Crippen LogP contribution in [0.2, 0.25) is 5.02 Å². The van der Waals surface area contributed by atoms with Gasteiger partial charge in [-0.05, 0) is 49.2 Å². The van der Waals surface area contributed by atoms with Crippen LogP contribution in [0, 0.1) is 6.92 Å². The molecule has 0 bridgehead atoms. The minimum Gasteiger partial charge on any atom is -0.272 e. The molecule has 0 spiro atoms. The lowest BCUT2D eigenvalue weighted by Crippen LogP contribution is -2.29. The Bertz CT molecular complexity index is 1340. The third kappa shape index (κ3) is 5.47. The number of nitrogens with one attached hydrogen (secondary N) is 1. The maximum Gasteiger partial charge on any atom is 0.241 e. The highest BCUT2D eigenvalue weighted by molar-refractivity contribution is 7.98. The van der Waals surface area contributed by atoms with Gasteiger partial charge in [0.1, 0.15) is 0 Å². The summed E-state index contributed by atoms with van der Waals surface area (Å²) in [5.41, 5.74) is 2.93. The van der Waals surface area contributed by atoms with Gasteiger partial charge >= 0.3 is 0 Å². The molecule has 1 heterocycles. The van der Waals surface area contributed by atoms with E-state index in [1.54, 1.807) is 37.3 Å². The highest BCUT2D eigenvalue weighted by Crippen LogP contribution is 2.30. The van der Waals surface area contributed by atoms with Crippen LogP contribution in [-0.4, -0.2) is 23.2 Å². The molecule has 0 radical (unpaired) electrons. The van der Waals surface area contributed by atoms with Crippen molar-refractivity contribution in [1.29, 1.82) is 0 Å².